The van der Waals surface area contributed by atoms with E-state index < -0.39 is 0 Å². The lowest BCUT2D eigenvalue weighted by atomic mass is 9.94. The normalized spacial score (nSPS) is 17.8. The largest absolute Gasteiger partial charge is 0.349 e. The average Bonchev–Trinajstić information content (AvgIpc) is 3.01. The number of hydrogen-bond donors (Lipinski definition) is 1. The predicted octanol–water partition coefficient (Wildman–Crippen LogP) is 3.76. The van der Waals surface area contributed by atoms with Crippen molar-refractivity contribution >= 4 is 11.7 Å². The number of carbonyl (C=O) groups excluding carboxylic acids is 2. The Morgan fingerprint density at radius 2 is 1.81 bits per heavy atom. The van der Waals surface area contributed by atoms with Crippen molar-refractivity contribution in [1.82, 2.24) is 15.1 Å². The van der Waals surface area contributed by atoms with Gasteiger partial charge in [-0.1, -0.05) is 19.3 Å². The van der Waals surface area contributed by atoms with E-state index in [1.807, 2.05) is 35.9 Å². The first-order valence-corrected chi connectivity index (χ1v) is 9.66. The number of benzene rings is 1. The molecule has 0 spiro atoms. The van der Waals surface area contributed by atoms with Gasteiger partial charge in [0.2, 0.25) is 0 Å². The molecule has 2 aliphatic rings. The SMILES string of the molecule is Cc1nn(-c2ccc(C(=O)NC3CCCCC3)cc2)c2c1C(=O)CCC2. The predicted molar refractivity (Wildman–Crippen MR) is 99.9 cm³/mol. The summed E-state index contributed by atoms with van der Waals surface area (Å²) in [6.07, 6.45) is 8.19. The molecule has 5 nitrogen and oxygen atoms in total. The van der Waals surface area contributed by atoms with E-state index in [9.17, 15) is 9.59 Å². The third kappa shape index (κ3) is 3.18. The Kier molecular flexibility index (Phi) is 4.62. The number of rotatable bonds is 3. The van der Waals surface area contributed by atoms with E-state index in [4.69, 9.17) is 0 Å². The number of carbonyl (C=O) groups is 2. The first-order chi connectivity index (χ1) is 12.6. The Balaban J connectivity index is 1.54. The summed E-state index contributed by atoms with van der Waals surface area (Å²) in [4.78, 5) is 24.6. The van der Waals surface area contributed by atoms with Crippen molar-refractivity contribution in [3.8, 4) is 5.69 Å². The van der Waals surface area contributed by atoms with Crippen LogP contribution in [0.1, 0.15) is 77.0 Å². The van der Waals surface area contributed by atoms with E-state index in [-0.39, 0.29) is 11.7 Å². The van der Waals surface area contributed by atoms with E-state index in [2.05, 4.69) is 10.4 Å². The molecule has 2 aliphatic carbocycles. The number of nitrogens with one attached hydrogen (secondary N) is 1. The minimum atomic E-state index is -0.00250. The smallest absolute Gasteiger partial charge is 0.251 e. The summed E-state index contributed by atoms with van der Waals surface area (Å²) in [5.74, 6) is 0.191. The molecule has 1 amide bonds. The molecule has 5 heteroatoms. The number of aromatic nitrogens is 2. The maximum Gasteiger partial charge on any atom is 0.251 e. The standard InChI is InChI=1S/C21H25N3O2/c1-14-20-18(8-5-9-19(20)25)24(23-14)17-12-10-15(11-13-17)21(26)22-16-6-3-2-4-7-16/h10-13,16H,2-9H2,1H3,(H,22,26). The molecular weight excluding hydrogens is 326 g/mol. The first kappa shape index (κ1) is 17.0. The van der Waals surface area contributed by atoms with Crippen LogP contribution in [0.25, 0.3) is 5.69 Å². The lowest BCUT2D eigenvalue weighted by Crippen LogP contribution is -2.36. The fraction of sp³-hybridized carbons (Fsp3) is 0.476. The highest BCUT2D eigenvalue weighted by Crippen LogP contribution is 2.26. The molecule has 26 heavy (non-hydrogen) atoms. The van der Waals surface area contributed by atoms with Crippen molar-refractivity contribution in [3.05, 3.63) is 46.8 Å². The molecule has 0 bridgehead atoms. The summed E-state index contributed by atoms with van der Waals surface area (Å²) in [7, 11) is 0. The van der Waals surface area contributed by atoms with Crippen molar-refractivity contribution in [2.75, 3.05) is 0 Å². The Hall–Kier alpha value is -2.43. The van der Waals surface area contributed by atoms with Gasteiger partial charge in [-0.3, -0.25) is 9.59 Å². The highest BCUT2D eigenvalue weighted by Gasteiger charge is 2.25. The van der Waals surface area contributed by atoms with Gasteiger partial charge < -0.3 is 5.32 Å². The zero-order chi connectivity index (χ0) is 18.1. The summed E-state index contributed by atoms with van der Waals surface area (Å²) in [5.41, 5.74) is 4.16. The zero-order valence-electron chi connectivity index (χ0n) is 15.3. The zero-order valence-corrected chi connectivity index (χ0v) is 15.3. The molecule has 1 N–H and O–H groups in total. The Morgan fingerprint density at radius 1 is 1.08 bits per heavy atom. The first-order valence-electron chi connectivity index (χ1n) is 9.66. The van der Waals surface area contributed by atoms with Gasteiger partial charge >= 0.3 is 0 Å². The molecule has 2 aromatic rings. The van der Waals surface area contributed by atoms with E-state index in [1.165, 1.54) is 19.3 Å². The van der Waals surface area contributed by atoms with Gasteiger partial charge in [0.05, 0.1) is 22.6 Å². The number of Topliss-reactive ketones (excluding diaryl/α,β-unsaturated/α-hetero) is 1. The summed E-state index contributed by atoms with van der Waals surface area (Å²) in [6.45, 7) is 1.89. The second-order valence-corrected chi connectivity index (χ2v) is 7.45. The molecule has 1 aromatic heterocycles. The van der Waals surface area contributed by atoms with Gasteiger partial charge in [-0.25, -0.2) is 4.68 Å². The molecule has 0 aliphatic heterocycles. The molecule has 0 saturated heterocycles. The second-order valence-electron chi connectivity index (χ2n) is 7.45. The number of aryl methyl sites for hydroxylation is 1. The summed E-state index contributed by atoms with van der Waals surface area (Å²) >= 11 is 0. The number of nitrogens with zero attached hydrogens (tertiary/aromatic N) is 2. The second kappa shape index (κ2) is 7.06. The van der Waals surface area contributed by atoms with Crippen molar-refractivity contribution in [3.63, 3.8) is 0 Å². The van der Waals surface area contributed by atoms with Crippen molar-refractivity contribution in [2.45, 2.75) is 64.3 Å². The van der Waals surface area contributed by atoms with Crippen LogP contribution in [0, 0.1) is 6.92 Å². The molecule has 1 aromatic carbocycles. The fourth-order valence-electron chi connectivity index (χ4n) is 4.19. The van der Waals surface area contributed by atoms with Crippen LogP contribution in [0.15, 0.2) is 24.3 Å². The van der Waals surface area contributed by atoms with Crippen molar-refractivity contribution in [2.24, 2.45) is 0 Å². The van der Waals surface area contributed by atoms with Crippen LogP contribution in [0.2, 0.25) is 0 Å². The molecule has 4 rings (SSSR count). The van der Waals surface area contributed by atoms with Gasteiger partial charge in [0, 0.05) is 18.0 Å². The van der Waals surface area contributed by atoms with Gasteiger partial charge in [0.1, 0.15) is 0 Å². The maximum atomic E-state index is 12.5. The lowest BCUT2D eigenvalue weighted by molar-refractivity contribution is 0.0926. The van der Waals surface area contributed by atoms with Gasteiger partial charge in [-0.2, -0.15) is 5.10 Å². The maximum absolute atomic E-state index is 12.5. The van der Waals surface area contributed by atoms with E-state index in [0.717, 1.165) is 48.3 Å². The minimum absolute atomic E-state index is 0.00250. The van der Waals surface area contributed by atoms with Crippen molar-refractivity contribution < 1.29 is 9.59 Å². The summed E-state index contributed by atoms with van der Waals surface area (Å²) in [5, 5.41) is 7.72. The van der Waals surface area contributed by atoms with Crippen LogP contribution in [-0.4, -0.2) is 27.5 Å². The Bertz CT molecular complexity index is 830. The molecule has 0 radical (unpaired) electrons. The van der Waals surface area contributed by atoms with E-state index in [0.29, 0.717) is 18.0 Å². The van der Waals surface area contributed by atoms with Crippen LogP contribution in [-0.2, 0) is 6.42 Å². The number of hydrogen-bond acceptors (Lipinski definition) is 3. The number of fused-ring (bicyclic) bond motifs is 1. The van der Waals surface area contributed by atoms with Gasteiger partial charge in [0.25, 0.3) is 5.91 Å². The summed E-state index contributed by atoms with van der Waals surface area (Å²) in [6, 6.07) is 7.84. The van der Waals surface area contributed by atoms with Crippen LogP contribution >= 0.6 is 0 Å². The third-order valence-corrected chi connectivity index (χ3v) is 5.57. The highest BCUT2D eigenvalue weighted by atomic mass is 16.1. The van der Waals surface area contributed by atoms with Crippen LogP contribution < -0.4 is 5.32 Å². The summed E-state index contributed by atoms with van der Waals surface area (Å²) < 4.78 is 1.87. The molecule has 0 atom stereocenters. The quantitative estimate of drug-likeness (QED) is 0.916. The monoisotopic (exact) mass is 351 g/mol. The third-order valence-electron chi connectivity index (χ3n) is 5.57. The molecular formula is C21H25N3O2. The molecule has 1 saturated carbocycles. The van der Waals surface area contributed by atoms with Crippen LogP contribution in [0.4, 0.5) is 0 Å². The fourth-order valence-corrected chi connectivity index (χ4v) is 4.19. The average molecular weight is 351 g/mol. The van der Waals surface area contributed by atoms with Gasteiger partial charge in [-0.15, -0.1) is 0 Å². The minimum Gasteiger partial charge on any atom is -0.349 e. The highest BCUT2D eigenvalue weighted by molar-refractivity contribution is 5.99. The number of amides is 1. The molecule has 136 valence electrons. The molecule has 1 heterocycles. The van der Waals surface area contributed by atoms with Crippen molar-refractivity contribution in [1.29, 1.82) is 0 Å². The van der Waals surface area contributed by atoms with Gasteiger partial charge in [-0.05, 0) is 56.9 Å². The topological polar surface area (TPSA) is 64.0 Å². The number of ketones is 1. The Labute approximate surface area is 153 Å². The van der Waals surface area contributed by atoms with Crippen LogP contribution in [0.5, 0.6) is 0 Å². The lowest BCUT2D eigenvalue weighted by Gasteiger charge is -2.22. The molecule has 0 unspecified atom stereocenters. The van der Waals surface area contributed by atoms with E-state index >= 15 is 0 Å². The molecule has 1 fully saturated rings. The van der Waals surface area contributed by atoms with Gasteiger partial charge in [0.15, 0.2) is 5.78 Å². The Morgan fingerprint density at radius 3 is 2.54 bits per heavy atom. The van der Waals surface area contributed by atoms with Crippen LogP contribution in [0.3, 0.4) is 0 Å². The van der Waals surface area contributed by atoms with E-state index in [1.54, 1.807) is 0 Å².